The molecule has 0 aliphatic rings. The quantitative estimate of drug-likeness (QED) is 0.0182. The van der Waals surface area contributed by atoms with Crippen molar-refractivity contribution in [3.05, 3.63) is 35.9 Å². The number of aliphatic hydroxyl groups excluding tert-OH is 1. The number of nitrogens with zero attached hydrogens (tertiary/aromatic N) is 1. The van der Waals surface area contributed by atoms with Crippen molar-refractivity contribution in [3.63, 3.8) is 0 Å². The van der Waals surface area contributed by atoms with Crippen LogP contribution in [0, 0.1) is 11.8 Å². The van der Waals surface area contributed by atoms with Crippen molar-refractivity contribution in [2.45, 2.75) is 141 Å². The van der Waals surface area contributed by atoms with Gasteiger partial charge in [-0.15, -0.1) is 0 Å². The highest BCUT2D eigenvalue weighted by Crippen LogP contribution is 2.11. The number of nitrogens with one attached hydrogen (secondary N) is 9. The Bertz CT molecular complexity index is 2150. The van der Waals surface area contributed by atoms with E-state index in [0.717, 1.165) is 13.8 Å². The van der Waals surface area contributed by atoms with Crippen LogP contribution in [0.15, 0.2) is 35.3 Å². The number of carbonyl (C=O) groups is 12. The predicted molar refractivity (Wildman–Crippen MR) is 260 cm³/mol. The Labute approximate surface area is 421 Å². The lowest BCUT2D eigenvalue weighted by Gasteiger charge is -2.29. The summed E-state index contributed by atoms with van der Waals surface area (Å²) in [7, 11) is 0. The first-order valence-corrected chi connectivity index (χ1v) is 23.2. The summed E-state index contributed by atoms with van der Waals surface area (Å²) >= 11 is 0. The number of aliphatic hydroxyl groups is 1. The molecule has 1 rings (SSSR count). The van der Waals surface area contributed by atoms with E-state index in [9.17, 15) is 72.9 Å². The number of carboxylic acids is 2. The minimum atomic E-state index is -1.90. The smallest absolute Gasteiger partial charge is 0.305 e. The van der Waals surface area contributed by atoms with Crippen LogP contribution in [0.3, 0.4) is 0 Å². The maximum atomic E-state index is 14.1. The summed E-state index contributed by atoms with van der Waals surface area (Å²) in [6, 6.07) is -3.58. The van der Waals surface area contributed by atoms with Crippen LogP contribution >= 0.6 is 0 Å². The molecule has 0 fully saturated rings. The van der Waals surface area contributed by atoms with Crippen molar-refractivity contribution in [1.82, 2.24) is 47.9 Å². The fourth-order valence-electron chi connectivity index (χ4n) is 6.71. The number of aliphatic carboxylic acids is 2. The lowest BCUT2D eigenvalue weighted by molar-refractivity contribution is -0.142. The number of rotatable bonds is 32. The van der Waals surface area contributed by atoms with Gasteiger partial charge in [-0.2, -0.15) is 0 Å². The molecule has 0 aliphatic carbocycles. The second-order valence-corrected chi connectivity index (χ2v) is 17.7. The van der Waals surface area contributed by atoms with Gasteiger partial charge in [0, 0.05) is 26.3 Å². The molecule has 0 aliphatic heterocycles. The summed E-state index contributed by atoms with van der Waals surface area (Å²) in [6.45, 7) is 9.20. The molecule has 0 aromatic heterocycles. The number of amides is 10. The van der Waals surface area contributed by atoms with E-state index in [2.05, 4.69) is 52.8 Å². The summed E-state index contributed by atoms with van der Waals surface area (Å²) in [5, 5.41) is 50.5. The van der Waals surface area contributed by atoms with Gasteiger partial charge in [0.25, 0.3) is 0 Å². The Balaban J connectivity index is 3.42. The second kappa shape index (κ2) is 31.4. The molecule has 28 heteroatoms. The summed E-state index contributed by atoms with van der Waals surface area (Å²) in [6.07, 6.45) is -3.93. The van der Waals surface area contributed by atoms with Gasteiger partial charge in [0.2, 0.25) is 59.1 Å². The monoisotopic (exact) mass is 1030 g/mol. The van der Waals surface area contributed by atoms with E-state index in [1.54, 1.807) is 44.2 Å². The first-order valence-electron chi connectivity index (χ1n) is 23.2. The molecule has 73 heavy (non-hydrogen) atoms. The Hall–Kier alpha value is -7.91. The van der Waals surface area contributed by atoms with Gasteiger partial charge in [-0.05, 0) is 50.5 Å². The summed E-state index contributed by atoms with van der Waals surface area (Å²) in [5.41, 5.74) is 16.6. The third-order valence-corrected chi connectivity index (χ3v) is 10.6. The van der Waals surface area contributed by atoms with Gasteiger partial charge >= 0.3 is 11.9 Å². The third-order valence-electron chi connectivity index (χ3n) is 10.6. The maximum absolute atomic E-state index is 14.1. The molecule has 18 N–H and O–H groups in total. The molecule has 0 heterocycles. The van der Waals surface area contributed by atoms with Crippen LogP contribution in [0.2, 0.25) is 0 Å². The number of hydrogen-bond donors (Lipinski definition) is 15. The van der Waals surface area contributed by atoms with Crippen molar-refractivity contribution in [2.75, 3.05) is 13.1 Å². The molecule has 28 nitrogen and oxygen atoms in total. The highest BCUT2D eigenvalue weighted by molar-refractivity contribution is 5.99. The van der Waals surface area contributed by atoms with Crippen molar-refractivity contribution >= 4 is 77.0 Å². The van der Waals surface area contributed by atoms with Crippen LogP contribution < -0.4 is 65.1 Å². The molecule has 406 valence electrons. The Morgan fingerprint density at radius 1 is 0.548 bits per heavy atom. The minimum Gasteiger partial charge on any atom is -0.481 e. The van der Waals surface area contributed by atoms with E-state index in [-0.39, 0.29) is 31.8 Å². The predicted octanol–water partition coefficient (Wildman–Crippen LogP) is -5.17. The lowest BCUT2D eigenvalue weighted by Crippen LogP contribution is -2.61. The maximum Gasteiger partial charge on any atom is 0.305 e. The fourth-order valence-corrected chi connectivity index (χ4v) is 6.71. The molecule has 0 bridgehead atoms. The Kier molecular flexibility index (Phi) is 27.2. The number of nitrogens with two attached hydrogens (primary N) is 3. The normalized spacial score (nSPS) is 14.6. The SMILES string of the molecule is CC(=O)N[C@H](C(=O)N[C@@H](Cc1ccccc1)C(=O)N[C@@H](CCCN=C(N)N)C(=O)N[C@H](C(=O)N[C@@H](CC(=O)O)C(=O)N[C@@H](C)C(=O)N[C@@H](CCC(=O)O)C(=O)N[C@H](C(=O)NCC(N)=O)[C@@H](C)O)C(C)C)C(C)C. The van der Waals surface area contributed by atoms with Crippen molar-refractivity contribution in [2.24, 2.45) is 34.0 Å². The highest BCUT2D eigenvalue weighted by Gasteiger charge is 2.36. The van der Waals surface area contributed by atoms with Crippen LogP contribution in [0.25, 0.3) is 0 Å². The molecule has 0 saturated carbocycles. The number of hydrogen-bond acceptors (Lipinski definition) is 14. The average molecular weight is 1030 g/mol. The lowest BCUT2D eigenvalue weighted by atomic mass is 9.99. The average Bonchev–Trinajstić information content (AvgIpc) is 3.29. The summed E-state index contributed by atoms with van der Waals surface area (Å²) in [4.78, 5) is 159. The van der Waals surface area contributed by atoms with E-state index < -0.39 is 163 Å². The Morgan fingerprint density at radius 3 is 1.52 bits per heavy atom. The zero-order chi connectivity index (χ0) is 55.7. The number of carbonyl (C=O) groups excluding carboxylic acids is 10. The molecule has 9 atom stereocenters. The van der Waals surface area contributed by atoms with Gasteiger partial charge < -0.3 is 80.4 Å². The van der Waals surface area contributed by atoms with E-state index >= 15 is 0 Å². The van der Waals surface area contributed by atoms with E-state index in [4.69, 9.17) is 17.2 Å². The van der Waals surface area contributed by atoms with Gasteiger partial charge in [-0.3, -0.25) is 62.5 Å². The molecule has 1 aromatic carbocycles. The van der Waals surface area contributed by atoms with Crippen LogP contribution in [0.5, 0.6) is 0 Å². The molecule has 0 spiro atoms. The summed E-state index contributed by atoms with van der Waals surface area (Å²) in [5.74, 6) is -13.9. The van der Waals surface area contributed by atoms with Gasteiger partial charge in [0.05, 0.1) is 19.1 Å². The summed E-state index contributed by atoms with van der Waals surface area (Å²) < 4.78 is 0. The topological polar surface area (TPSA) is 464 Å². The molecule has 10 amide bonds. The van der Waals surface area contributed by atoms with Crippen LogP contribution in [0.4, 0.5) is 0 Å². The van der Waals surface area contributed by atoms with Crippen molar-refractivity contribution < 1.29 is 72.9 Å². The van der Waals surface area contributed by atoms with E-state index in [1.807, 2.05) is 0 Å². The highest BCUT2D eigenvalue weighted by atomic mass is 16.4. The fraction of sp³-hybridized carbons (Fsp3) is 0.578. The van der Waals surface area contributed by atoms with Crippen LogP contribution in [0.1, 0.15) is 86.1 Å². The number of benzene rings is 1. The van der Waals surface area contributed by atoms with Crippen LogP contribution in [-0.2, 0) is 64.0 Å². The molecular weight excluding hydrogens is 963 g/mol. The molecule has 1 aromatic rings. The largest absolute Gasteiger partial charge is 0.481 e. The minimum absolute atomic E-state index is 0.00746. The van der Waals surface area contributed by atoms with Crippen molar-refractivity contribution in [1.29, 1.82) is 0 Å². The van der Waals surface area contributed by atoms with Gasteiger partial charge in [-0.25, -0.2) is 0 Å². The molecule has 0 radical (unpaired) electrons. The molecular formula is C45H71N13O15. The molecule has 0 unspecified atom stereocenters. The van der Waals surface area contributed by atoms with Gasteiger partial charge in [0.1, 0.15) is 48.3 Å². The van der Waals surface area contributed by atoms with Gasteiger partial charge in [0.15, 0.2) is 5.96 Å². The first-order chi connectivity index (χ1) is 34.0. The number of guanidine groups is 1. The van der Waals surface area contributed by atoms with E-state index in [0.29, 0.717) is 5.56 Å². The Morgan fingerprint density at radius 2 is 1.03 bits per heavy atom. The van der Waals surface area contributed by atoms with Crippen molar-refractivity contribution in [3.8, 4) is 0 Å². The van der Waals surface area contributed by atoms with E-state index in [1.165, 1.54) is 20.8 Å². The van der Waals surface area contributed by atoms with Crippen LogP contribution in [-0.4, -0.2) is 160 Å². The standard InChI is InChI=1S/C45H71N13O15/c1-21(2)34(52-25(7)60)43(72)55-29(18-26-12-9-8-10-13-26)41(70)54-27(14-11-17-49-45(47)48)38(67)57-35(22(3)4)44(73)56-30(19-33(64)65)40(69)51-23(5)37(66)53-28(15-16-32(62)63)39(68)58-36(24(6)59)42(71)50-20-31(46)61/h8-10,12-13,21-24,27-30,34-36,59H,11,14-20H2,1-7H3,(H2,46,61)(H,50,71)(H,51,69)(H,52,60)(H,53,66)(H,54,70)(H,55,72)(H,56,73)(H,57,67)(H,58,68)(H,62,63)(H,64,65)(H4,47,48,49)/t23-,24+,27-,28-,29-,30-,34-,35-,36-/m0/s1. The zero-order valence-electron chi connectivity index (χ0n) is 41.8. The number of carboxylic acid groups (broad SMARTS) is 2. The second-order valence-electron chi connectivity index (χ2n) is 17.7. The first kappa shape index (κ1) is 63.1. The zero-order valence-corrected chi connectivity index (χ0v) is 41.8. The number of primary amides is 1. The molecule has 0 saturated heterocycles. The van der Waals surface area contributed by atoms with Gasteiger partial charge in [-0.1, -0.05) is 58.0 Å². The third kappa shape index (κ3) is 24.2. The number of aliphatic imine (C=N–C) groups is 1.